The van der Waals surface area contributed by atoms with Gasteiger partial charge in [0.25, 0.3) is 0 Å². The molecule has 2 unspecified atom stereocenters. The summed E-state index contributed by atoms with van der Waals surface area (Å²) in [5.74, 6) is 0.170. The second kappa shape index (κ2) is 8.43. The molecule has 0 spiro atoms. The van der Waals surface area contributed by atoms with Crippen molar-refractivity contribution in [3.63, 3.8) is 0 Å². The van der Waals surface area contributed by atoms with Crippen molar-refractivity contribution in [3.8, 4) is 0 Å². The summed E-state index contributed by atoms with van der Waals surface area (Å²) in [6, 6.07) is 14.2. The Labute approximate surface area is 186 Å². The van der Waals surface area contributed by atoms with Gasteiger partial charge >= 0.3 is 6.18 Å². The number of carbonyl (C=O) groups excluding carboxylic acids is 1. The van der Waals surface area contributed by atoms with Gasteiger partial charge in [0.2, 0.25) is 5.91 Å². The number of piperazine rings is 1. The van der Waals surface area contributed by atoms with E-state index in [4.69, 9.17) is 0 Å². The van der Waals surface area contributed by atoms with Gasteiger partial charge in [0.05, 0.1) is 17.5 Å². The molecule has 2 aromatic carbocycles. The number of halogens is 3. The zero-order valence-corrected chi connectivity index (χ0v) is 17.9. The van der Waals surface area contributed by atoms with Crippen LogP contribution in [-0.2, 0) is 23.9 Å². The van der Waals surface area contributed by atoms with E-state index in [1.807, 2.05) is 18.2 Å². The van der Waals surface area contributed by atoms with Crippen LogP contribution in [0.1, 0.15) is 29.5 Å². The quantitative estimate of drug-likeness (QED) is 0.756. The third-order valence-electron chi connectivity index (χ3n) is 6.97. The van der Waals surface area contributed by atoms with Crippen molar-refractivity contribution in [2.24, 2.45) is 11.8 Å². The molecule has 32 heavy (non-hydrogen) atoms. The standard InChI is InChI=1S/C25H28F3N3O/c26-25(27,28)20-8-9-22-19(12-20)13-21(24(32)29-14-17-6-7-17)23-16-30(10-11-31(22)23)15-18-4-2-1-3-5-18/h1-5,8-9,12,17,21,23H,6-7,10-11,13-16H2,(H,29,32). The fraction of sp³-hybridized carbons (Fsp3) is 0.480. The number of carbonyl (C=O) groups is 1. The van der Waals surface area contributed by atoms with Crippen molar-refractivity contribution in [1.82, 2.24) is 10.2 Å². The average molecular weight is 444 g/mol. The van der Waals surface area contributed by atoms with Crippen LogP contribution in [0.5, 0.6) is 0 Å². The van der Waals surface area contributed by atoms with Crippen molar-refractivity contribution < 1.29 is 18.0 Å². The van der Waals surface area contributed by atoms with Crippen molar-refractivity contribution in [2.45, 2.75) is 38.0 Å². The summed E-state index contributed by atoms with van der Waals surface area (Å²) in [5.41, 5.74) is 2.05. The Morgan fingerprint density at radius 3 is 2.56 bits per heavy atom. The van der Waals surface area contributed by atoms with E-state index in [0.717, 1.165) is 38.2 Å². The van der Waals surface area contributed by atoms with Gasteiger partial charge in [-0.15, -0.1) is 0 Å². The number of benzene rings is 2. The van der Waals surface area contributed by atoms with E-state index in [9.17, 15) is 18.0 Å². The minimum atomic E-state index is -4.38. The molecular weight excluding hydrogens is 415 g/mol. The Morgan fingerprint density at radius 1 is 1.06 bits per heavy atom. The maximum absolute atomic E-state index is 13.3. The smallest absolute Gasteiger partial charge is 0.365 e. The highest BCUT2D eigenvalue weighted by atomic mass is 19.4. The molecule has 5 rings (SSSR count). The SMILES string of the molecule is O=C(NCC1CC1)C1Cc2cc(C(F)(F)F)ccc2N2CCN(Cc3ccccc3)CC12. The molecule has 7 heteroatoms. The molecule has 0 radical (unpaired) electrons. The molecule has 4 nitrogen and oxygen atoms in total. The van der Waals surface area contributed by atoms with Gasteiger partial charge in [0.1, 0.15) is 0 Å². The van der Waals surface area contributed by atoms with Crippen LogP contribution in [0.4, 0.5) is 18.9 Å². The van der Waals surface area contributed by atoms with E-state index in [1.54, 1.807) is 6.07 Å². The molecule has 2 aliphatic heterocycles. The number of anilines is 1. The Morgan fingerprint density at radius 2 is 1.84 bits per heavy atom. The second-order valence-electron chi connectivity index (χ2n) is 9.32. The highest BCUT2D eigenvalue weighted by molar-refractivity contribution is 5.82. The minimum absolute atomic E-state index is 0.0310. The fourth-order valence-electron chi connectivity index (χ4n) is 5.04. The monoisotopic (exact) mass is 443 g/mol. The van der Waals surface area contributed by atoms with Crippen LogP contribution >= 0.6 is 0 Å². The molecule has 3 aliphatic rings. The maximum Gasteiger partial charge on any atom is 0.416 e. The summed E-state index contributed by atoms with van der Waals surface area (Å²) in [6.45, 7) is 3.70. The third-order valence-corrected chi connectivity index (χ3v) is 6.97. The van der Waals surface area contributed by atoms with Crippen molar-refractivity contribution in [1.29, 1.82) is 0 Å². The van der Waals surface area contributed by atoms with Crippen molar-refractivity contribution >= 4 is 11.6 Å². The summed E-state index contributed by atoms with van der Waals surface area (Å²) in [4.78, 5) is 17.7. The fourth-order valence-corrected chi connectivity index (χ4v) is 5.04. The first-order valence-corrected chi connectivity index (χ1v) is 11.4. The van der Waals surface area contributed by atoms with Crippen LogP contribution < -0.4 is 10.2 Å². The molecule has 1 saturated carbocycles. The Hall–Kier alpha value is -2.54. The number of fused-ring (bicyclic) bond motifs is 3. The molecule has 2 atom stereocenters. The van der Waals surface area contributed by atoms with Gasteiger partial charge in [0.15, 0.2) is 0 Å². The lowest BCUT2D eigenvalue weighted by Gasteiger charge is -2.49. The Bertz CT molecular complexity index is 974. The topological polar surface area (TPSA) is 35.6 Å². The molecular formula is C25H28F3N3O. The van der Waals surface area contributed by atoms with Crippen LogP contribution in [0.3, 0.4) is 0 Å². The van der Waals surface area contributed by atoms with Crippen LogP contribution in [0.2, 0.25) is 0 Å². The molecule has 170 valence electrons. The van der Waals surface area contributed by atoms with Gasteiger partial charge in [-0.1, -0.05) is 30.3 Å². The number of amides is 1. The van der Waals surface area contributed by atoms with E-state index >= 15 is 0 Å². The van der Waals surface area contributed by atoms with Gasteiger partial charge in [0, 0.05) is 38.4 Å². The van der Waals surface area contributed by atoms with Crippen molar-refractivity contribution in [3.05, 3.63) is 65.2 Å². The number of hydrogen-bond acceptors (Lipinski definition) is 3. The first-order valence-electron chi connectivity index (χ1n) is 11.4. The molecule has 2 fully saturated rings. The first kappa shape index (κ1) is 21.3. The normalized spacial score (nSPS) is 23.4. The lowest BCUT2D eigenvalue weighted by atomic mass is 9.82. The zero-order chi connectivity index (χ0) is 22.3. The molecule has 2 heterocycles. The van der Waals surface area contributed by atoms with E-state index in [1.165, 1.54) is 17.7 Å². The largest absolute Gasteiger partial charge is 0.416 e. The van der Waals surface area contributed by atoms with Crippen molar-refractivity contribution in [2.75, 3.05) is 31.1 Å². The summed E-state index contributed by atoms with van der Waals surface area (Å²) < 4.78 is 40.0. The lowest BCUT2D eigenvalue weighted by molar-refractivity contribution is -0.137. The minimum Gasteiger partial charge on any atom is -0.365 e. The van der Waals surface area contributed by atoms with Gasteiger partial charge in [-0.25, -0.2) is 0 Å². The van der Waals surface area contributed by atoms with Crippen LogP contribution in [0, 0.1) is 11.8 Å². The summed E-state index contributed by atoms with van der Waals surface area (Å²) in [5, 5.41) is 3.08. The van der Waals surface area contributed by atoms with Gasteiger partial charge in [-0.05, 0) is 54.5 Å². The lowest BCUT2D eigenvalue weighted by Crippen LogP contribution is -2.61. The summed E-state index contributed by atoms with van der Waals surface area (Å²) in [7, 11) is 0. The van der Waals surface area contributed by atoms with Crippen LogP contribution in [0.15, 0.2) is 48.5 Å². The van der Waals surface area contributed by atoms with E-state index < -0.39 is 11.7 Å². The number of rotatable bonds is 5. The molecule has 0 aromatic heterocycles. The Kier molecular flexibility index (Phi) is 5.61. The second-order valence-corrected chi connectivity index (χ2v) is 9.32. The Balaban J connectivity index is 1.40. The summed E-state index contributed by atoms with van der Waals surface area (Å²) >= 11 is 0. The highest BCUT2D eigenvalue weighted by Gasteiger charge is 2.43. The molecule has 1 aliphatic carbocycles. The average Bonchev–Trinajstić information content (AvgIpc) is 3.61. The van der Waals surface area contributed by atoms with Crippen LogP contribution in [-0.4, -0.2) is 43.0 Å². The summed E-state index contributed by atoms with van der Waals surface area (Å²) in [6.07, 6.45) is -1.76. The van der Waals surface area contributed by atoms with Gasteiger partial charge < -0.3 is 10.2 Å². The molecule has 1 N–H and O–H groups in total. The molecule has 1 amide bonds. The molecule has 0 bridgehead atoms. The molecule has 1 saturated heterocycles. The number of nitrogens with one attached hydrogen (secondary N) is 1. The number of nitrogens with zero attached hydrogens (tertiary/aromatic N) is 2. The maximum atomic E-state index is 13.3. The highest BCUT2D eigenvalue weighted by Crippen LogP contribution is 2.40. The van der Waals surface area contributed by atoms with Crippen LogP contribution in [0.25, 0.3) is 0 Å². The molecule has 2 aromatic rings. The van der Waals surface area contributed by atoms with Gasteiger partial charge in [-0.2, -0.15) is 13.2 Å². The first-order chi connectivity index (χ1) is 15.4. The number of alkyl halides is 3. The third kappa shape index (κ3) is 4.49. The number of hydrogen-bond donors (Lipinski definition) is 1. The van der Waals surface area contributed by atoms with E-state index in [-0.39, 0.29) is 17.9 Å². The van der Waals surface area contributed by atoms with E-state index in [0.29, 0.717) is 31.0 Å². The zero-order valence-electron chi connectivity index (χ0n) is 17.9. The predicted molar refractivity (Wildman–Crippen MR) is 117 cm³/mol. The van der Waals surface area contributed by atoms with E-state index in [2.05, 4.69) is 27.2 Å². The predicted octanol–water partition coefficient (Wildman–Crippen LogP) is 4.09. The van der Waals surface area contributed by atoms with Gasteiger partial charge in [-0.3, -0.25) is 9.69 Å².